The van der Waals surface area contributed by atoms with E-state index in [1.807, 2.05) is 0 Å². The molecule has 108 valence electrons. The summed E-state index contributed by atoms with van der Waals surface area (Å²) in [6.45, 7) is 7.42. The highest BCUT2D eigenvalue weighted by molar-refractivity contribution is 7.09. The van der Waals surface area contributed by atoms with E-state index in [0.717, 1.165) is 31.8 Å². The fourth-order valence-electron chi connectivity index (χ4n) is 2.65. The van der Waals surface area contributed by atoms with Crippen molar-refractivity contribution in [1.29, 1.82) is 0 Å². The van der Waals surface area contributed by atoms with Crippen LogP contribution in [0.1, 0.15) is 49.9 Å². The van der Waals surface area contributed by atoms with Gasteiger partial charge < -0.3 is 4.74 Å². The summed E-state index contributed by atoms with van der Waals surface area (Å²) in [5.41, 5.74) is 0.994. The number of ether oxygens (including phenoxy) is 1. The molecule has 0 amide bonds. The van der Waals surface area contributed by atoms with Crippen LogP contribution < -0.4 is 0 Å². The molecule has 1 aromatic rings. The number of rotatable bonds is 7. The van der Waals surface area contributed by atoms with E-state index < -0.39 is 0 Å². The largest absolute Gasteiger partial charge is 0.377 e. The van der Waals surface area contributed by atoms with Crippen LogP contribution in [0.15, 0.2) is 5.38 Å². The Labute approximate surface area is 124 Å². The molecule has 0 spiro atoms. The van der Waals surface area contributed by atoms with E-state index in [4.69, 9.17) is 16.3 Å². The monoisotopic (exact) mass is 302 g/mol. The Kier molecular flexibility index (Phi) is 6.07. The number of hydrogen-bond donors (Lipinski definition) is 0. The van der Waals surface area contributed by atoms with E-state index >= 15 is 0 Å². The third-order valence-corrected chi connectivity index (χ3v) is 4.96. The maximum atomic E-state index is 5.85. The molecule has 3 nitrogen and oxygen atoms in total. The van der Waals surface area contributed by atoms with Crippen LogP contribution in [0.25, 0.3) is 0 Å². The first-order valence-electron chi connectivity index (χ1n) is 7.14. The standard InChI is InChI=1S/C14H23ClN2OS/c1-3-13(14-16-11(8-15)10-19-14)17(4-2)9-12-6-5-7-18-12/h10,12-13H,3-9H2,1-2H3. The maximum absolute atomic E-state index is 5.85. The summed E-state index contributed by atoms with van der Waals surface area (Å²) in [5.74, 6) is 0.505. The fraction of sp³-hybridized carbons (Fsp3) is 0.786. The van der Waals surface area contributed by atoms with Crippen LogP contribution in [0.3, 0.4) is 0 Å². The van der Waals surface area contributed by atoms with Crippen LogP contribution in [0.4, 0.5) is 0 Å². The Bertz CT molecular complexity index is 379. The van der Waals surface area contributed by atoms with Crippen molar-refractivity contribution in [3.8, 4) is 0 Å². The molecule has 19 heavy (non-hydrogen) atoms. The van der Waals surface area contributed by atoms with Gasteiger partial charge in [-0.25, -0.2) is 4.98 Å². The average molecular weight is 303 g/mol. The molecular weight excluding hydrogens is 280 g/mol. The Hall–Kier alpha value is -0.160. The lowest BCUT2D eigenvalue weighted by atomic mass is 10.1. The van der Waals surface area contributed by atoms with E-state index in [1.54, 1.807) is 11.3 Å². The molecule has 0 bridgehead atoms. The second-order valence-electron chi connectivity index (χ2n) is 4.96. The van der Waals surface area contributed by atoms with Crippen molar-refractivity contribution < 1.29 is 4.74 Å². The fourth-order valence-corrected chi connectivity index (χ4v) is 3.92. The molecule has 0 aromatic carbocycles. The SMILES string of the molecule is CCC(c1nc(CCl)cs1)N(CC)CC1CCCO1. The summed E-state index contributed by atoms with van der Waals surface area (Å²) < 4.78 is 5.76. The van der Waals surface area contributed by atoms with E-state index in [1.165, 1.54) is 17.8 Å². The van der Waals surface area contributed by atoms with Gasteiger partial charge in [0.15, 0.2) is 0 Å². The molecule has 1 aromatic heterocycles. The highest BCUT2D eigenvalue weighted by Gasteiger charge is 2.25. The maximum Gasteiger partial charge on any atom is 0.110 e. The van der Waals surface area contributed by atoms with Gasteiger partial charge in [-0.1, -0.05) is 13.8 Å². The van der Waals surface area contributed by atoms with Crippen molar-refractivity contribution >= 4 is 22.9 Å². The highest BCUT2D eigenvalue weighted by atomic mass is 35.5. The molecule has 2 rings (SSSR count). The minimum Gasteiger partial charge on any atom is -0.377 e. The minimum absolute atomic E-state index is 0.399. The van der Waals surface area contributed by atoms with Gasteiger partial charge in [-0.05, 0) is 25.8 Å². The molecular formula is C14H23ClN2OS. The summed E-state index contributed by atoms with van der Waals surface area (Å²) >= 11 is 7.58. The van der Waals surface area contributed by atoms with Gasteiger partial charge >= 0.3 is 0 Å². The van der Waals surface area contributed by atoms with E-state index in [-0.39, 0.29) is 0 Å². The van der Waals surface area contributed by atoms with Crippen molar-refractivity contribution in [3.63, 3.8) is 0 Å². The lowest BCUT2D eigenvalue weighted by Crippen LogP contribution is -2.35. The van der Waals surface area contributed by atoms with Gasteiger partial charge in [0.2, 0.25) is 0 Å². The second-order valence-corrected chi connectivity index (χ2v) is 6.11. The third-order valence-electron chi connectivity index (χ3n) is 3.69. The quantitative estimate of drug-likeness (QED) is 0.716. The van der Waals surface area contributed by atoms with Crippen LogP contribution in [-0.2, 0) is 10.6 Å². The molecule has 0 N–H and O–H groups in total. The van der Waals surface area contributed by atoms with Crippen molar-refractivity contribution in [3.05, 3.63) is 16.1 Å². The number of thiazole rings is 1. The van der Waals surface area contributed by atoms with E-state index in [0.29, 0.717) is 18.0 Å². The zero-order valence-corrected chi connectivity index (χ0v) is 13.3. The summed E-state index contributed by atoms with van der Waals surface area (Å²) in [6.07, 6.45) is 3.88. The number of aromatic nitrogens is 1. The molecule has 1 saturated heterocycles. The van der Waals surface area contributed by atoms with Crippen molar-refractivity contribution in [2.45, 2.75) is 51.1 Å². The van der Waals surface area contributed by atoms with Crippen LogP contribution in [-0.4, -0.2) is 35.7 Å². The number of nitrogens with zero attached hydrogens (tertiary/aromatic N) is 2. The normalized spacial score (nSPS) is 21.2. The van der Waals surface area contributed by atoms with Crippen LogP contribution in [0.2, 0.25) is 0 Å². The first kappa shape index (κ1) is 15.2. The van der Waals surface area contributed by atoms with Crippen LogP contribution in [0.5, 0.6) is 0 Å². The molecule has 2 unspecified atom stereocenters. The van der Waals surface area contributed by atoms with Crippen LogP contribution >= 0.6 is 22.9 Å². The van der Waals surface area contributed by atoms with Gasteiger partial charge in [0, 0.05) is 18.5 Å². The molecule has 1 fully saturated rings. The Morgan fingerprint density at radius 2 is 2.42 bits per heavy atom. The molecule has 0 radical (unpaired) electrons. The lowest BCUT2D eigenvalue weighted by Gasteiger charge is -2.30. The van der Waals surface area contributed by atoms with E-state index in [2.05, 4.69) is 29.1 Å². The number of halogens is 1. The molecule has 1 aliphatic rings. The van der Waals surface area contributed by atoms with Gasteiger partial charge in [-0.3, -0.25) is 4.90 Å². The van der Waals surface area contributed by atoms with Crippen molar-refractivity contribution in [2.24, 2.45) is 0 Å². The van der Waals surface area contributed by atoms with Gasteiger partial charge in [0.05, 0.1) is 23.7 Å². The van der Waals surface area contributed by atoms with Crippen molar-refractivity contribution in [1.82, 2.24) is 9.88 Å². The molecule has 2 atom stereocenters. The topological polar surface area (TPSA) is 25.4 Å². The Morgan fingerprint density at radius 1 is 1.58 bits per heavy atom. The van der Waals surface area contributed by atoms with Crippen LogP contribution in [0, 0.1) is 0 Å². The lowest BCUT2D eigenvalue weighted by molar-refractivity contribution is 0.0579. The summed E-state index contributed by atoms with van der Waals surface area (Å²) in [4.78, 5) is 7.14. The number of hydrogen-bond acceptors (Lipinski definition) is 4. The summed E-state index contributed by atoms with van der Waals surface area (Å²) in [7, 11) is 0. The molecule has 2 heterocycles. The Morgan fingerprint density at radius 3 is 2.95 bits per heavy atom. The smallest absolute Gasteiger partial charge is 0.110 e. The van der Waals surface area contributed by atoms with Crippen molar-refractivity contribution in [2.75, 3.05) is 19.7 Å². The van der Waals surface area contributed by atoms with Gasteiger partial charge in [0.25, 0.3) is 0 Å². The number of alkyl halides is 1. The number of likely N-dealkylation sites (N-methyl/N-ethyl adjacent to an activating group) is 1. The first-order chi connectivity index (χ1) is 9.28. The highest BCUT2D eigenvalue weighted by Crippen LogP contribution is 2.28. The van der Waals surface area contributed by atoms with Gasteiger partial charge in [-0.15, -0.1) is 22.9 Å². The first-order valence-corrected chi connectivity index (χ1v) is 8.55. The van der Waals surface area contributed by atoms with Gasteiger partial charge in [-0.2, -0.15) is 0 Å². The predicted molar refractivity (Wildman–Crippen MR) is 80.9 cm³/mol. The van der Waals surface area contributed by atoms with E-state index in [9.17, 15) is 0 Å². The second kappa shape index (κ2) is 7.58. The molecule has 1 aliphatic heterocycles. The summed E-state index contributed by atoms with van der Waals surface area (Å²) in [6, 6.07) is 0.399. The van der Waals surface area contributed by atoms with Gasteiger partial charge in [0.1, 0.15) is 5.01 Å². The molecule has 0 saturated carbocycles. The predicted octanol–water partition coefficient (Wildman–Crippen LogP) is 3.83. The molecule has 5 heteroatoms. The Balaban J connectivity index is 2.04. The third kappa shape index (κ3) is 3.91. The molecule has 0 aliphatic carbocycles. The average Bonchev–Trinajstić information content (AvgIpc) is 3.09. The zero-order chi connectivity index (χ0) is 13.7. The summed E-state index contributed by atoms with van der Waals surface area (Å²) in [5, 5.41) is 3.27. The zero-order valence-electron chi connectivity index (χ0n) is 11.8. The minimum atomic E-state index is 0.399.